The van der Waals surface area contributed by atoms with Crippen LogP contribution in [0.2, 0.25) is 0 Å². The van der Waals surface area contributed by atoms with Gasteiger partial charge in [0, 0.05) is 23.1 Å². The predicted octanol–water partition coefficient (Wildman–Crippen LogP) is -3.91. The number of carboxylic acid groups (broad SMARTS) is 2. The van der Waals surface area contributed by atoms with Crippen LogP contribution >= 0.6 is 0 Å². The molecule has 3 rings (SSSR count). The molecular formula is C22H17F3N2Na2O5. The number of carbonyl (C=O) groups is 3. The Morgan fingerprint density at radius 1 is 0.853 bits per heavy atom. The Morgan fingerprint density at radius 2 is 1.47 bits per heavy atom. The zero-order valence-electron chi connectivity index (χ0n) is 18.4. The minimum absolute atomic E-state index is 0. The Kier molecular flexibility index (Phi) is 11.3. The zero-order valence-corrected chi connectivity index (χ0v) is 22.4. The molecule has 0 saturated carbocycles. The molecule has 1 amide bonds. The molecule has 168 valence electrons. The van der Waals surface area contributed by atoms with Crippen molar-refractivity contribution >= 4 is 34.9 Å². The minimum atomic E-state index is -4.71. The van der Waals surface area contributed by atoms with Crippen LogP contribution in [0.25, 0.3) is 0 Å². The van der Waals surface area contributed by atoms with Crippen molar-refractivity contribution < 1.29 is 96.9 Å². The van der Waals surface area contributed by atoms with E-state index in [2.05, 4.69) is 10.6 Å². The van der Waals surface area contributed by atoms with Crippen molar-refractivity contribution in [3.05, 3.63) is 65.7 Å². The maximum absolute atomic E-state index is 13.2. The van der Waals surface area contributed by atoms with Gasteiger partial charge in [-0.25, -0.2) is 0 Å². The molecule has 2 atom stereocenters. The summed E-state index contributed by atoms with van der Waals surface area (Å²) in [5.74, 6) is -5.89. The van der Waals surface area contributed by atoms with Crippen LogP contribution in [-0.2, 0) is 15.8 Å². The summed E-state index contributed by atoms with van der Waals surface area (Å²) in [6.45, 7) is 0. The number of halogens is 3. The molecule has 0 aromatic heterocycles. The van der Waals surface area contributed by atoms with Crippen LogP contribution in [-0.4, -0.2) is 17.8 Å². The van der Waals surface area contributed by atoms with Crippen molar-refractivity contribution in [2.24, 2.45) is 11.8 Å². The van der Waals surface area contributed by atoms with Crippen molar-refractivity contribution in [2.75, 3.05) is 10.6 Å². The molecule has 0 radical (unpaired) electrons. The summed E-state index contributed by atoms with van der Waals surface area (Å²) in [6.07, 6.45) is -1.35. The van der Waals surface area contributed by atoms with Gasteiger partial charge in [-0.2, -0.15) is 13.2 Å². The van der Waals surface area contributed by atoms with E-state index < -0.39 is 41.4 Å². The van der Waals surface area contributed by atoms with Gasteiger partial charge in [0.25, 0.3) is 0 Å². The molecule has 2 aromatic rings. The van der Waals surface area contributed by atoms with Crippen molar-refractivity contribution in [2.45, 2.75) is 19.0 Å². The molecule has 2 N–H and O–H groups in total. The van der Waals surface area contributed by atoms with E-state index in [4.69, 9.17) is 0 Å². The summed E-state index contributed by atoms with van der Waals surface area (Å²) < 4.78 is 39.7. The first-order chi connectivity index (χ1) is 15.1. The van der Waals surface area contributed by atoms with Crippen LogP contribution in [0, 0.1) is 11.8 Å². The second kappa shape index (κ2) is 12.8. The SMILES string of the molecule is O=C([O-])c1ccccc1Nc1ccc(C(F)(F)F)cc1NC(=O)C1CC=CCC1C(=O)[O-].[Na+].[Na+]. The van der Waals surface area contributed by atoms with Gasteiger partial charge in [-0.1, -0.05) is 30.4 Å². The molecular weight excluding hydrogens is 475 g/mol. The second-order valence-corrected chi connectivity index (χ2v) is 7.18. The molecule has 0 heterocycles. The van der Waals surface area contributed by atoms with Gasteiger partial charge in [0.05, 0.1) is 28.8 Å². The van der Waals surface area contributed by atoms with Gasteiger partial charge in [-0.15, -0.1) is 0 Å². The largest absolute Gasteiger partial charge is 1.00 e. The summed E-state index contributed by atoms with van der Waals surface area (Å²) in [5.41, 5.74) is -1.55. The van der Waals surface area contributed by atoms with E-state index in [-0.39, 0.29) is 94.6 Å². The van der Waals surface area contributed by atoms with E-state index in [1.54, 1.807) is 12.2 Å². The summed E-state index contributed by atoms with van der Waals surface area (Å²) in [6, 6.07) is 8.09. The van der Waals surface area contributed by atoms with Gasteiger partial charge < -0.3 is 30.4 Å². The van der Waals surface area contributed by atoms with E-state index in [0.717, 1.165) is 12.1 Å². The fourth-order valence-electron chi connectivity index (χ4n) is 3.44. The third-order valence-electron chi connectivity index (χ3n) is 5.09. The molecule has 0 saturated heterocycles. The number of hydrogen-bond donors (Lipinski definition) is 2. The summed E-state index contributed by atoms with van der Waals surface area (Å²) in [5, 5.41) is 27.8. The molecule has 7 nitrogen and oxygen atoms in total. The molecule has 34 heavy (non-hydrogen) atoms. The van der Waals surface area contributed by atoms with Gasteiger partial charge >= 0.3 is 65.3 Å². The normalized spacial score (nSPS) is 17.0. The number of hydrogen-bond acceptors (Lipinski definition) is 6. The van der Waals surface area contributed by atoms with Gasteiger partial charge in [-0.05, 0) is 37.1 Å². The molecule has 2 aromatic carbocycles. The van der Waals surface area contributed by atoms with E-state index in [1.165, 1.54) is 24.3 Å². The maximum Gasteiger partial charge on any atom is 1.00 e. The Hall–Kier alpha value is -1.82. The average molecular weight is 492 g/mol. The van der Waals surface area contributed by atoms with Crippen molar-refractivity contribution in [1.82, 2.24) is 0 Å². The Morgan fingerprint density at radius 3 is 2.06 bits per heavy atom. The smallest absolute Gasteiger partial charge is 0.550 e. The van der Waals surface area contributed by atoms with Gasteiger partial charge in [0.1, 0.15) is 0 Å². The Bertz CT molecular complexity index is 1090. The van der Waals surface area contributed by atoms with Crippen LogP contribution in [0.4, 0.5) is 30.2 Å². The van der Waals surface area contributed by atoms with Crippen LogP contribution in [0.5, 0.6) is 0 Å². The Labute approximate surface area is 237 Å². The topological polar surface area (TPSA) is 121 Å². The van der Waals surface area contributed by atoms with Crippen LogP contribution in [0.15, 0.2) is 54.6 Å². The average Bonchev–Trinajstić information content (AvgIpc) is 2.74. The first-order valence-electron chi connectivity index (χ1n) is 9.53. The van der Waals surface area contributed by atoms with Crippen LogP contribution < -0.4 is 80.0 Å². The third-order valence-corrected chi connectivity index (χ3v) is 5.09. The molecule has 0 fully saturated rings. The molecule has 1 aliphatic rings. The number of amides is 1. The second-order valence-electron chi connectivity index (χ2n) is 7.18. The summed E-state index contributed by atoms with van der Waals surface area (Å²) in [7, 11) is 0. The van der Waals surface area contributed by atoms with Gasteiger partial charge in [0.2, 0.25) is 5.91 Å². The number of para-hydroxylation sites is 1. The Balaban J connectivity index is 0.00000289. The van der Waals surface area contributed by atoms with E-state index >= 15 is 0 Å². The number of carboxylic acids is 2. The summed E-state index contributed by atoms with van der Waals surface area (Å²) >= 11 is 0. The number of alkyl halides is 3. The molecule has 12 heteroatoms. The first kappa shape index (κ1) is 30.2. The van der Waals surface area contributed by atoms with Crippen LogP contribution in [0.3, 0.4) is 0 Å². The predicted molar refractivity (Wildman–Crippen MR) is 104 cm³/mol. The number of benzene rings is 2. The molecule has 1 aliphatic carbocycles. The quantitative estimate of drug-likeness (QED) is 0.314. The maximum atomic E-state index is 13.2. The zero-order chi connectivity index (χ0) is 23.5. The number of allylic oxidation sites excluding steroid dienone is 2. The standard InChI is InChI=1S/C22H19F3N2O5.2Na/c23-22(24,25)12-9-10-17(26-16-8-4-3-7-15(16)21(31)32)18(11-12)27-19(28)13-5-1-2-6-14(13)20(29)30;;/h1-4,7-11,13-14,26H,5-6H2,(H,27,28)(H,29,30)(H,31,32);;/q;2*+1/p-2. The number of aromatic carboxylic acids is 1. The van der Waals surface area contributed by atoms with E-state index in [1.807, 2.05) is 0 Å². The van der Waals surface area contributed by atoms with Crippen molar-refractivity contribution in [1.29, 1.82) is 0 Å². The number of carbonyl (C=O) groups excluding carboxylic acids is 3. The molecule has 0 spiro atoms. The van der Waals surface area contributed by atoms with Crippen LogP contribution in [0.1, 0.15) is 28.8 Å². The van der Waals surface area contributed by atoms with E-state index in [0.29, 0.717) is 6.07 Å². The van der Waals surface area contributed by atoms with Crippen molar-refractivity contribution in [3.63, 3.8) is 0 Å². The van der Waals surface area contributed by atoms with Gasteiger partial charge in [0.15, 0.2) is 0 Å². The number of rotatable bonds is 6. The third kappa shape index (κ3) is 7.34. The monoisotopic (exact) mass is 492 g/mol. The minimum Gasteiger partial charge on any atom is -0.550 e. The molecule has 2 unspecified atom stereocenters. The van der Waals surface area contributed by atoms with E-state index in [9.17, 15) is 37.8 Å². The first-order valence-corrected chi connectivity index (χ1v) is 9.53. The molecule has 0 aliphatic heterocycles. The van der Waals surface area contributed by atoms with Crippen molar-refractivity contribution in [3.8, 4) is 0 Å². The molecule has 0 bridgehead atoms. The summed E-state index contributed by atoms with van der Waals surface area (Å²) in [4.78, 5) is 35.5. The fourth-order valence-corrected chi connectivity index (χ4v) is 3.44. The number of nitrogens with one attached hydrogen (secondary N) is 2. The van der Waals surface area contributed by atoms with Gasteiger partial charge in [-0.3, -0.25) is 4.79 Å². The number of anilines is 3. The number of aliphatic carboxylic acids is 1. The fraction of sp³-hybridized carbons (Fsp3) is 0.227.